The number of pyridine rings is 1. The van der Waals surface area contributed by atoms with Crippen molar-refractivity contribution in [3.05, 3.63) is 124 Å². The number of halogens is 4. The minimum atomic E-state index is -4.31. The first kappa shape index (κ1) is 31.7. The van der Waals surface area contributed by atoms with Crippen molar-refractivity contribution in [2.75, 3.05) is 11.8 Å². The Bertz CT molecular complexity index is 2020. The summed E-state index contributed by atoms with van der Waals surface area (Å²) in [5, 5.41) is 4.00. The van der Waals surface area contributed by atoms with E-state index in [1.54, 1.807) is 18.2 Å². The highest BCUT2D eigenvalue weighted by atomic mass is 79.9. The van der Waals surface area contributed by atoms with Crippen LogP contribution in [0.3, 0.4) is 0 Å². The molecule has 45 heavy (non-hydrogen) atoms. The molecule has 4 aromatic carbocycles. The number of carbonyl (C=O) groups excluding carboxylic acids is 2. The van der Waals surface area contributed by atoms with Gasteiger partial charge in [0.05, 0.1) is 17.7 Å². The molecule has 1 amide bonds. The molecule has 0 saturated carbocycles. The molecule has 0 aliphatic heterocycles. The van der Waals surface area contributed by atoms with Crippen LogP contribution in [0.4, 0.5) is 18.9 Å². The van der Waals surface area contributed by atoms with Gasteiger partial charge >= 0.3 is 5.97 Å². The molecule has 13 heteroatoms. The monoisotopic (exact) mass is 697 g/mol. The van der Waals surface area contributed by atoms with E-state index in [-0.39, 0.29) is 11.3 Å². The third kappa shape index (κ3) is 6.99. The van der Waals surface area contributed by atoms with Gasteiger partial charge in [-0.25, -0.2) is 27.0 Å². The van der Waals surface area contributed by atoms with Gasteiger partial charge in [0.2, 0.25) is 5.95 Å². The molecule has 0 spiro atoms. The number of esters is 1. The summed E-state index contributed by atoms with van der Waals surface area (Å²) in [5.74, 6) is -5.50. The molecule has 0 fully saturated rings. The molecule has 1 heterocycles. The van der Waals surface area contributed by atoms with Crippen LogP contribution in [0, 0.1) is 17.6 Å². The summed E-state index contributed by atoms with van der Waals surface area (Å²) >= 11 is 3.48. The lowest BCUT2D eigenvalue weighted by atomic mass is 9.98. The number of amides is 1. The van der Waals surface area contributed by atoms with Gasteiger partial charge in [0.25, 0.3) is 15.9 Å². The number of aromatic nitrogens is 1. The predicted octanol–water partition coefficient (Wildman–Crippen LogP) is 6.40. The number of nitrogens with zero attached hydrogens (tertiary/aromatic N) is 1. The normalized spacial score (nSPS) is 12.0. The van der Waals surface area contributed by atoms with E-state index in [2.05, 4.69) is 31.0 Å². The van der Waals surface area contributed by atoms with Crippen molar-refractivity contribution in [3.63, 3.8) is 0 Å². The Balaban J connectivity index is 1.35. The lowest BCUT2D eigenvalue weighted by molar-refractivity contribution is -0.142. The molecule has 0 bridgehead atoms. The number of nitrogens with one attached hydrogen (secondary N) is 2. The first-order chi connectivity index (χ1) is 21.5. The van der Waals surface area contributed by atoms with Gasteiger partial charge < -0.3 is 10.1 Å². The van der Waals surface area contributed by atoms with Gasteiger partial charge in [0.1, 0.15) is 23.2 Å². The number of rotatable bonds is 9. The number of hydrogen-bond donors (Lipinski definition) is 2. The van der Waals surface area contributed by atoms with Crippen molar-refractivity contribution >= 4 is 54.3 Å². The summed E-state index contributed by atoms with van der Waals surface area (Å²) in [4.78, 5) is 28.9. The fourth-order valence-corrected chi connectivity index (χ4v) is 6.28. The van der Waals surface area contributed by atoms with Gasteiger partial charge in [-0.2, -0.15) is 4.39 Å². The van der Waals surface area contributed by atoms with Crippen molar-refractivity contribution < 1.29 is 35.9 Å². The highest BCUT2D eigenvalue weighted by Gasteiger charge is 2.28. The standard InChI is InChI=1S/C32H23BrF3N3O5S/c1-44-32(41)28(14-20-8-11-25(33)24-5-3-2-4-23(20)24)38-31(40)30-26(34)16-21(17-27(30)35)39-45(42,43)22-9-6-18(7-10-22)19-12-13-37-29(36)15-19/h2-13,15-17,28,39H,14H2,1H3,(H,38,40)/t28-/m0/s1. The molecule has 1 aromatic heterocycles. The van der Waals surface area contributed by atoms with E-state index in [0.29, 0.717) is 28.8 Å². The van der Waals surface area contributed by atoms with Crippen molar-refractivity contribution in [1.29, 1.82) is 0 Å². The molecule has 0 saturated heterocycles. The minimum absolute atomic E-state index is 0.0395. The van der Waals surface area contributed by atoms with Crippen LogP contribution in [-0.2, 0) is 26.0 Å². The third-order valence-electron chi connectivity index (χ3n) is 6.92. The van der Waals surface area contributed by atoms with E-state index in [0.717, 1.165) is 22.4 Å². The van der Waals surface area contributed by atoms with Gasteiger partial charge in [-0.1, -0.05) is 58.4 Å². The second kappa shape index (κ2) is 13.1. The molecule has 5 aromatic rings. The Morgan fingerprint density at radius 2 is 1.56 bits per heavy atom. The second-order valence-electron chi connectivity index (χ2n) is 9.82. The first-order valence-electron chi connectivity index (χ1n) is 13.3. The Morgan fingerprint density at radius 3 is 2.20 bits per heavy atom. The molecule has 230 valence electrons. The largest absolute Gasteiger partial charge is 0.467 e. The van der Waals surface area contributed by atoms with Crippen LogP contribution < -0.4 is 10.0 Å². The van der Waals surface area contributed by atoms with E-state index < -0.39 is 56.8 Å². The van der Waals surface area contributed by atoms with Crippen LogP contribution in [0.2, 0.25) is 0 Å². The predicted molar refractivity (Wildman–Crippen MR) is 165 cm³/mol. The topological polar surface area (TPSA) is 114 Å². The van der Waals surface area contributed by atoms with Crippen molar-refractivity contribution in [2.24, 2.45) is 0 Å². The van der Waals surface area contributed by atoms with Gasteiger partial charge in [-0.15, -0.1) is 0 Å². The van der Waals surface area contributed by atoms with E-state index in [1.807, 2.05) is 24.3 Å². The molecule has 2 N–H and O–H groups in total. The molecule has 0 aliphatic rings. The van der Waals surface area contributed by atoms with Crippen LogP contribution in [0.15, 0.2) is 100 Å². The molecule has 0 unspecified atom stereocenters. The number of benzene rings is 4. The van der Waals surface area contributed by atoms with Gasteiger partial charge in [-0.3, -0.25) is 9.52 Å². The van der Waals surface area contributed by atoms with Gasteiger partial charge in [0, 0.05) is 23.2 Å². The van der Waals surface area contributed by atoms with Crippen molar-refractivity contribution in [2.45, 2.75) is 17.4 Å². The number of sulfonamides is 1. The number of methoxy groups -OCH3 is 1. The summed E-state index contributed by atoms with van der Waals surface area (Å²) in [6.07, 6.45) is 1.23. The third-order valence-corrected chi connectivity index (χ3v) is 9.01. The van der Waals surface area contributed by atoms with Crippen LogP contribution in [-0.4, -0.2) is 38.4 Å². The number of fused-ring (bicyclic) bond motifs is 1. The first-order valence-corrected chi connectivity index (χ1v) is 15.5. The fraction of sp³-hybridized carbons (Fsp3) is 0.0938. The summed E-state index contributed by atoms with van der Waals surface area (Å²) in [5.41, 5.74) is 0.170. The summed E-state index contributed by atoms with van der Waals surface area (Å²) in [6, 6.07) is 19.0. The number of hydrogen-bond acceptors (Lipinski definition) is 6. The Morgan fingerprint density at radius 1 is 0.889 bits per heavy atom. The zero-order valence-corrected chi connectivity index (χ0v) is 25.8. The smallest absolute Gasteiger partial charge is 0.328 e. The van der Waals surface area contributed by atoms with Crippen molar-refractivity contribution in [1.82, 2.24) is 10.3 Å². The van der Waals surface area contributed by atoms with Crippen LogP contribution >= 0.6 is 15.9 Å². The molecule has 5 rings (SSSR count). The highest BCUT2D eigenvalue weighted by Crippen LogP contribution is 2.28. The number of anilines is 1. The maximum atomic E-state index is 15.1. The molecule has 0 aliphatic carbocycles. The maximum Gasteiger partial charge on any atom is 0.328 e. The summed E-state index contributed by atoms with van der Waals surface area (Å²) in [6.45, 7) is 0. The average molecular weight is 699 g/mol. The zero-order chi connectivity index (χ0) is 32.3. The van der Waals surface area contributed by atoms with E-state index in [9.17, 15) is 22.4 Å². The Labute approximate surface area is 264 Å². The van der Waals surface area contributed by atoms with E-state index in [1.165, 1.54) is 36.5 Å². The van der Waals surface area contributed by atoms with Crippen molar-refractivity contribution in [3.8, 4) is 11.1 Å². The molecule has 8 nitrogen and oxygen atoms in total. The fourth-order valence-electron chi connectivity index (χ4n) is 4.76. The number of ether oxygens (including phenoxy) is 1. The molecule has 0 radical (unpaired) electrons. The van der Waals surface area contributed by atoms with E-state index in [4.69, 9.17) is 4.74 Å². The summed E-state index contributed by atoms with van der Waals surface area (Å²) < 4.78 is 77.3. The van der Waals surface area contributed by atoms with Gasteiger partial charge in [0.15, 0.2) is 0 Å². The lowest BCUT2D eigenvalue weighted by Gasteiger charge is -2.19. The van der Waals surface area contributed by atoms with Crippen LogP contribution in [0.1, 0.15) is 15.9 Å². The Kier molecular flexibility index (Phi) is 9.21. The minimum Gasteiger partial charge on any atom is -0.467 e. The van der Waals surface area contributed by atoms with Gasteiger partial charge in [-0.05, 0) is 63.9 Å². The molecular formula is C32H23BrF3N3O5S. The van der Waals surface area contributed by atoms with Crippen LogP contribution in [0.25, 0.3) is 21.9 Å². The maximum absolute atomic E-state index is 15.1. The van der Waals surface area contributed by atoms with E-state index >= 15 is 8.78 Å². The highest BCUT2D eigenvalue weighted by molar-refractivity contribution is 9.10. The second-order valence-corrected chi connectivity index (χ2v) is 12.4. The number of carbonyl (C=O) groups is 2. The lowest BCUT2D eigenvalue weighted by Crippen LogP contribution is -2.43. The molecule has 1 atom stereocenters. The average Bonchev–Trinajstić information content (AvgIpc) is 3.01. The van der Waals surface area contributed by atoms with Crippen LogP contribution in [0.5, 0.6) is 0 Å². The SMILES string of the molecule is COC(=O)[C@H](Cc1ccc(Br)c2ccccc12)NC(=O)c1c(F)cc(NS(=O)(=O)c2ccc(-c3ccnc(F)c3)cc2)cc1F. The molecular weight excluding hydrogens is 675 g/mol. The summed E-state index contributed by atoms with van der Waals surface area (Å²) in [7, 11) is -3.19. The zero-order valence-electron chi connectivity index (χ0n) is 23.4. The quantitative estimate of drug-likeness (QED) is 0.136. The Hall–Kier alpha value is -4.75.